The van der Waals surface area contributed by atoms with Gasteiger partial charge in [-0.2, -0.15) is 0 Å². The van der Waals surface area contributed by atoms with Crippen LogP contribution in [-0.4, -0.2) is 11.7 Å². The van der Waals surface area contributed by atoms with Crippen LogP contribution in [0.4, 0.5) is 0 Å². The van der Waals surface area contributed by atoms with Gasteiger partial charge in [0.1, 0.15) is 0 Å². The van der Waals surface area contributed by atoms with Gasteiger partial charge in [-0.25, -0.2) is 0 Å². The predicted octanol–water partition coefficient (Wildman–Crippen LogP) is 1.56. The molecule has 9 heavy (non-hydrogen) atoms. The molecule has 52 valence electrons. The van der Waals surface area contributed by atoms with Gasteiger partial charge in [-0.3, -0.25) is 0 Å². The van der Waals surface area contributed by atoms with Crippen molar-refractivity contribution < 1.29 is 5.11 Å². The van der Waals surface area contributed by atoms with E-state index in [4.69, 9.17) is 5.11 Å². The van der Waals surface area contributed by atoms with Crippen LogP contribution in [0.25, 0.3) is 0 Å². The van der Waals surface area contributed by atoms with E-state index in [0.717, 1.165) is 5.92 Å². The maximum atomic E-state index is 8.99. The normalized spacial score (nSPS) is 48.3. The molecule has 3 aliphatic carbocycles. The zero-order chi connectivity index (χ0) is 6.32. The van der Waals surface area contributed by atoms with E-state index in [1.54, 1.807) is 0 Å². The largest absolute Gasteiger partial charge is 0.396 e. The monoisotopic (exact) mass is 126 g/mol. The Hall–Kier alpha value is -0.0400. The summed E-state index contributed by atoms with van der Waals surface area (Å²) in [6.07, 6.45) is 6.74. The molecule has 0 aliphatic heterocycles. The Morgan fingerprint density at radius 2 is 2.22 bits per heavy atom. The second-order valence-electron chi connectivity index (χ2n) is 3.82. The molecule has 0 radical (unpaired) electrons. The smallest absolute Gasteiger partial charge is 0.0487 e. The Kier molecular flexibility index (Phi) is 1.10. The Labute approximate surface area is 56.1 Å². The minimum Gasteiger partial charge on any atom is -0.396 e. The molecule has 1 N–H and O–H groups in total. The predicted molar refractivity (Wildman–Crippen MR) is 36.1 cm³/mol. The maximum absolute atomic E-state index is 8.99. The Morgan fingerprint density at radius 3 is 2.56 bits per heavy atom. The van der Waals surface area contributed by atoms with Crippen LogP contribution in [0.5, 0.6) is 0 Å². The average Bonchev–Trinajstić information content (AvgIpc) is 1.88. The molecule has 0 saturated heterocycles. The maximum Gasteiger partial charge on any atom is 0.0487 e. The summed E-state index contributed by atoms with van der Waals surface area (Å²) in [6.45, 7) is 0.448. The van der Waals surface area contributed by atoms with Gasteiger partial charge in [0, 0.05) is 6.61 Å². The zero-order valence-corrected chi connectivity index (χ0v) is 5.77. The van der Waals surface area contributed by atoms with Gasteiger partial charge in [0.05, 0.1) is 0 Å². The van der Waals surface area contributed by atoms with Crippen LogP contribution in [0.1, 0.15) is 32.1 Å². The third-order valence-electron chi connectivity index (χ3n) is 3.10. The highest BCUT2D eigenvalue weighted by molar-refractivity contribution is 4.96. The van der Waals surface area contributed by atoms with E-state index >= 15 is 0 Å². The molecule has 3 fully saturated rings. The summed E-state index contributed by atoms with van der Waals surface area (Å²) in [7, 11) is 0. The summed E-state index contributed by atoms with van der Waals surface area (Å²) in [5.41, 5.74) is 0.420. The standard InChI is InChI=1S/C8H14O/c9-6-8-3-1-2-7(4-8)5-8/h7,9H,1-6H2. The van der Waals surface area contributed by atoms with Crippen LogP contribution in [0.3, 0.4) is 0 Å². The molecule has 0 amide bonds. The van der Waals surface area contributed by atoms with E-state index in [-0.39, 0.29) is 0 Å². The first-order valence-corrected chi connectivity index (χ1v) is 3.96. The van der Waals surface area contributed by atoms with E-state index in [9.17, 15) is 0 Å². The molecule has 0 spiro atoms. The fourth-order valence-corrected chi connectivity index (χ4v) is 2.55. The first kappa shape index (κ1) is 5.72. The second kappa shape index (κ2) is 1.72. The van der Waals surface area contributed by atoms with Crippen LogP contribution in [0.2, 0.25) is 0 Å². The molecule has 1 heteroatoms. The molecule has 3 aliphatic rings. The highest BCUT2D eigenvalue weighted by Crippen LogP contribution is 2.55. The molecule has 3 saturated carbocycles. The lowest BCUT2D eigenvalue weighted by Crippen LogP contribution is -2.43. The minimum absolute atomic E-state index is 0.420. The topological polar surface area (TPSA) is 20.2 Å². The SMILES string of the molecule is OCC12CCCC(C1)C2. The van der Waals surface area contributed by atoms with Crippen molar-refractivity contribution >= 4 is 0 Å². The zero-order valence-electron chi connectivity index (χ0n) is 5.77. The number of aliphatic hydroxyl groups is 1. The first-order valence-electron chi connectivity index (χ1n) is 3.96. The highest BCUT2D eigenvalue weighted by Gasteiger charge is 2.46. The molecule has 0 aromatic heterocycles. The summed E-state index contributed by atoms with van der Waals surface area (Å²) in [5.74, 6) is 0.992. The molecule has 2 bridgehead atoms. The van der Waals surface area contributed by atoms with Gasteiger partial charge in [-0.15, -0.1) is 0 Å². The first-order chi connectivity index (χ1) is 4.35. The lowest BCUT2D eigenvalue weighted by atomic mass is 9.55. The third kappa shape index (κ3) is 0.710. The quantitative estimate of drug-likeness (QED) is 0.565. The summed E-state index contributed by atoms with van der Waals surface area (Å²) >= 11 is 0. The van der Waals surface area contributed by atoms with Gasteiger partial charge < -0.3 is 5.11 Å². The van der Waals surface area contributed by atoms with E-state index < -0.39 is 0 Å². The molecular weight excluding hydrogens is 112 g/mol. The van der Waals surface area contributed by atoms with E-state index in [1.165, 1.54) is 32.1 Å². The van der Waals surface area contributed by atoms with Crippen molar-refractivity contribution in [1.29, 1.82) is 0 Å². The van der Waals surface area contributed by atoms with Gasteiger partial charge in [-0.05, 0) is 30.6 Å². The number of rotatable bonds is 1. The fourth-order valence-electron chi connectivity index (χ4n) is 2.55. The van der Waals surface area contributed by atoms with Crippen LogP contribution >= 0.6 is 0 Å². The van der Waals surface area contributed by atoms with Crippen molar-refractivity contribution in [3.8, 4) is 0 Å². The lowest BCUT2D eigenvalue weighted by Gasteiger charge is -2.51. The summed E-state index contributed by atoms with van der Waals surface area (Å²) in [4.78, 5) is 0. The summed E-state index contributed by atoms with van der Waals surface area (Å²) in [6, 6.07) is 0. The molecule has 0 unspecified atom stereocenters. The Balaban J connectivity index is 2.02. The van der Waals surface area contributed by atoms with Crippen molar-refractivity contribution in [2.75, 3.05) is 6.61 Å². The number of hydrogen-bond donors (Lipinski definition) is 1. The summed E-state index contributed by atoms with van der Waals surface area (Å²) < 4.78 is 0. The molecule has 3 rings (SSSR count). The van der Waals surface area contributed by atoms with Gasteiger partial charge in [0.2, 0.25) is 0 Å². The van der Waals surface area contributed by atoms with Crippen molar-refractivity contribution in [1.82, 2.24) is 0 Å². The molecule has 0 heterocycles. The minimum atomic E-state index is 0.420. The van der Waals surface area contributed by atoms with Crippen LogP contribution in [0, 0.1) is 11.3 Å². The molecule has 1 nitrogen and oxygen atoms in total. The van der Waals surface area contributed by atoms with E-state index in [2.05, 4.69) is 0 Å². The molecule has 0 atom stereocenters. The number of hydrogen-bond acceptors (Lipinski definition) is 1. The van der Waals surface area contributed by atoms with Crippen LogP contribution in [0.15, 0.2) is 0 Å². The number of fused-ring (bicyclic) bond motifs is 2. The molecule has 0 aromatic rings. The van der Waals surface area contributed by atoms with Gasteiger partial charge in [-0.1, -0.05) is 12.8 Å². The van der Waals surface area contributed by atoms with Gasteiger partial charge >= 0.3 is 0 Å². The van der Waals surface area contributed by atoms with Crippen molar-refractivity contribution in [3.05, 3.63) is 0 Å². The van der Waals surface area contributed by atoms with E-state index in [1.807, 2.05) is 0 Å². The summed E-state index contributed by atoms with van der Waals surface area (Å²) in [5, 5.41) is 8.99. The fraction of sp³-hybridized carbons (Fsp3) is 1.00. The lowest BCUT2D eigenvalue weighted by molar-refractivity contribution is -0.0491. The van der Waals surface area contributed by atoms with Crippen molar-refractivity contribution in [2.24, 2.45) is 11.3 Å². The van der Waals surface area contributed by atoms with E-state index in [0.29, 0.717) is 12.0 Å². The molecular formula is C8H14O. The average molecular weight is 126 g/mol. The van der Waals surface area contributed by atoms with Crippen LogP contribution in [-0.2, 0) is 0 Å². The van der Waals surface area contributed by atoms with Crippen LogP contribution < -0.4 is 0 Å². The van der Waals surface area contributed by atoms with Gasteiger partial charge in [0.15, 0.2) is 0 Å². The van der Waals surface area contributed by atoms with Crippen molar-refractivity contribution in [3.63, 3.8) is 0 Å². The highest BCUT2D eigenvalue weighted by atomic mass is 16.3. The third-order valence-corrected chi connectivity index (χ3v) is 3.10. The van der Waals surface area contributed by atoms with Crippen molar-refractivity contribution in [2.45, 2.75) is 32.1 Å². The number of aliphatic hydroxyl groups excluding tert-OH is 1. The molecule has 0 aromatic carbocycles. The Morgan fingerprint density at radius 1 is 1.44 bits per heavy atom. The van der Waals surface area contributed by atoms with Gasteiger partial charge in [0.25, 0.3) is 0 Å². The Bertz CT molecular complexity index is 108. The second-order valence-corrected chi connectivity index (χ2v) is 3.82.